The molecule has 6 nitrogen and oxygen atoms in total. The fourth-order valence-corrected chi connectivity index (χ4v) is 2.22. The van der Waals surface area contributed by atoms with E-state index in [2.05, 4.69) is 10.3 Å². The van der Waals surface area contributed by atoms with Crippen molar-refractivity contribution >= 4 is 17.2 Å². The minimum atomic E-state index is -0.735. The molecule has 2 rings (SSSR count). The van der Waals surface area contributed by atoms with E-state index in [4.69, 9.17) is 0 Å². The van der Waals surface area contributed by atoms with Gasteiger partial charge in [-0.25, -0.2) is 9.78 Å². The monoisotopic (exact) mass is 279 g/mol. The fraction of sp³-hybridized carbons (Fsp3) is 0.250. The molecule has 1 atom stereocenters. The molecule has 2 N–H and O–H groups in total. The first-order valence-corrected chi connectivity index (χ1v) is 6.59. The Morgan fingerprint density at radius 3 is 3.11 bits per heavy atom. The second kappa shape index (κ2) is 6.26. The average Bonchev–Trinajstić information content (AvgIpc) is 2.93. The summed E-state index contributed by atoms with van der Waals surface area (Å²) in [6.45, 7) is 0.00755. The number of nitrogens with one attached hydrogen (secondary N) is 1. The minimum absolute atomic E-state index is 0.108. The molecule has 2 aromatic heterocycles. The predicted molar refractivity (Wildman–Crippen MR) is 70.8 cm³/mol. The van der Waals surface area contributed by atoms with Gasteiger partial charge in [0.15, 0.2) is 0 Å². The summed E-state index contributed by atoms with van der Waals surface area (Å²) >= 11 is 1.48. The Morgan fingerprint density at radius 2 is 2.42 bits per heavy atom. The van der Waals surface area contributed by atoms with Crippen molar-refractivity contribution in [3.8, 4) is 0 Å². The molecule has 19 heavy (non-hydrogen) atoms. The molecule has 0 saturated heterocycles. The van der Waals surface area contributed by atoms with E-state index >= 15 is 0 Å². The average molecular weight is 279 g/mol. The highest BCUT2D eigenvalue weighted by atomic mass is 32.1. The molecule has 0 aliphatic carbocycles. The summed E-state index contributed by atoms with van der Waals surface area (Å²) in [4.78, 5) is 26.5. The fourth-order valence-electron chi connectivity index (χ4n) is 1.51. The molecule has 1 unspecified atom stereocenters. The topological polar surface area (TPSA) is 84.2 Å². The normalized spacial score (nSPS) is 12.1. The molecule has 0 bridgehead atoms. The lowest BCUT2D eigenvalue weighted by atomic mass is 10.2. The van der Waals surface area contributed by atoms with Gasteiger partial charge in [0.25, 0.3) is 0 Å². The van der Waals surface area contributed by atoms with Gasteiger partial charge in [-0.2, -0.15) is 11.3 Å². The first kappa shape index (κ1) is 13.4. The highest BCUT2D eigenvalue weighted by Gasteiger charge is 2.10. The number of aliphatic hydroxyl groups is 1. The molecule has 2 heterocycles. The van der Waals surface area contributed by atoms with Gasteiger partial charge >= 0.3 is 5.69 Å². The zero-order chi connectivity index (χ0) is 13.7. The first-order chi connectivity index (χ1) is 9.16. The smallest absolute Gasteiger partial charge is 0.347 e. The van der Waals surface area contributed by atoms with Crippen molar-refractivity contribution in [2.24, 2.45) is 0 Å². The summed E-state index contributed by atoms with van der Waals surface area (Å²) in [5, 5.41) is 16.0. The third-order valence-electron chi connectivity index (χ3n) is 2.52. The molecule has 0 aromatic carbocycles. The molecule has 100 valence electrons. The lowest BCUT2D eigenvalue weighted by Crippen LogP contribution is -2.34. The van der Waals surface area contributed by atoms with Gasteiger partial charge in [-0.05, 0) is 28.5 Å². The van der Waals surface area contributed by atoms with Gasteiger partial charge in [-0.3, -0.25) is 9.36 Å². The number of nitrogens with zero attached hydrogens (tertiary/aromatic N) is 2. The highest BCUT2D eigenvalue weighted by molar-refractivity contribution is 7.07. The molecule has 0 radical (unpaired) electrons. The lowest BCUT2D eigenvalue weighted by Gasteiger charge is -2.11. The summed E-state index contributed by atoms with van der Waals surface area (Å²) in [5.41, 5.74) is 0.292. The molecule has 2 aromatic rings. The highest BCUT2D eigenvalue weighted by Crippen LogP contribution is 2.14. The second-order valence-electron chi connectivity index (χ2n) is 3.91. The van der Waals surface area contributed by atoms with Crippen LogP contribution in [0.25, 0.3) is 0 Å². The van der Waals surface area contributed by atoms with Gasteiger partial charge in [0, 0.05) is 18.9 Å². The van der Waals surface area contributed by atoms with Gasteiger partial charge < -0.3 is 10.4 Å². The molecule has 1 amide bonds. The molecule has 0 fully saturated rings. The molecule has 0 aliphatic rings. The van der Waals surface area contributed by atoms with Gasteiger partial charge in [0.2, 0.25) is 5.91 Å². The largest absolute Gasteiger partial charge is 0.387 e. The number of rotatable bonds is 5. The van der Waals surface area contributed by atoms with E-state index in [9.17, 15) is 14.7 Å². The number of amides is 1. The maximum Gasteiger partial charge on any atom is 0.347 e. The van der Waals surface area contributed by atoms with Crippen LogP contribution in [0.15, 0.2) is 40.1 Å². The van der Waals surface area contributed by atoms with Gasteiger partial charge in [-0.15, -0.1) is 0 Å². The quantitative estimate of drug-likeness (QED) is 0.816. The summed E-state index contributed by atoms with van der Waals surface area (Å²) in [5.74, 6) is -0.343. The summed E-state index contributed by atoms with van der Waals surface area (Å²) in [7, 11) is 0. The van der Waals surface area contributed by atoms with Crippen LogP contribution in [-0.2, 0) is 11.3 Å². The predicted octanol–water partition coefficient (Wildman–Crippen LogP) is 0.155. The second-order valence-corrected chi connectivity index (χ2v) is 4.69. The van der Waals surface area contributed by atoms with E-state index in [-0.39, 0.29) is 19.0 Å². The van der Waals surface area contributed by atoms with Crippen molar-refractivity contribution in [1.82, 2.24) is 14.9 Å². The van der Waals surface area contributed by atoms with Crippen molar-refractivity contribution in [3.63, 3.8) is 0 Å². The zero-order valence-corrected chi connectivity index (χ0v) is 10.8. The third kappa shape index (κ3) is 3.73. The van der Waals surface area contributed by atoms with Crippen LogP contribution in [0.1, 0.15) is 11.7 Å². The summed E-state index contributed by atoms with van der Waals surface area (Å²) in [6, 6.07) is 3.38. The van der Waals surface area contributed by atoms with E-state index in [1.807, 2.05) is 10.8 Å². The van der Waals surface area contributed by atoms with E-state index in [0.717, 1.165) is 5.56 Å². The van der Waals surface area contributed by atoms with E-state index < -0.39 is 11.8 Å². The van der Waals surface area contributed by atoms with Crippen LogP contribution in [0.4, 0.5) is 0 Å². The zero-order valence-electron chi connectivity index (χ0n) is 10.0. The Kier molecular flexibility index (Phi) is 4.43. The Hall–Kier alpha value is -1.99. The number of carbonyl (C=O) groups excluding carboxylic acids is 1. The van der Waals surface area contributed by atoms with Crippen LogP contribution in [0.2, 0.25) is 0 Å². The Labute approximate surface area is 113 Å². The maximum atomic E-state index is 11.6. The van der Waals surface area contributed by atoms with Gasteiger partial charge in [0.1, 0.15) is 6.54 Å². The molecular formula is C12H13N3O3S. The summed E-state index contributed by atoms with van der Waals surface area (Å²) in [6.07, 6.45) is 2.13. The molecule has 0 spiro atoms. The van der Waals surface area contributed by atoms with Crippen molar-refractivity contribution in [2.75, 3.05) is 6.54 Å². The molecule has 7 heteroatoms. The van der Waals surface area contributed by atoms with Gasteiger partial charge in [-0.1, -0.05) is 0 Å². The lowest BCUT2D eigenvalue weighted by molar-refractivity contribution is -0.122. The van der Waals surface area contributed by atoms with E-state index in [1.165, 1.54) is 28.3 Å². The van der Waals surface area contributed by atoms with Crippen LogP contribution < -0.4 is 11.0 Å². The minimum Gasteiger partial charge on any atom is -0.387 e. The maximum absolute atomic E-state index is 11.6. The van der Waals surface area contributed by atoms with Crippen LogP contribution in [0.5, 0.6) is 0 Å². The van der Waals surface area contributed by atoms with Crippen molar-refractivity contribution < 1.29 is 9.90 Å². The standard InChI is InChI=1S/C12H13N3O3S/c16-10(9-2-5-19-8-9)6-14-11(17)7-15-4-1-3-13-12(15)18/h1-5,8,10,16H,6-7H2,(H,14,17). The van der Waals surface area contributed by atoms with Crippen molar-refractivity contribution in [1.29, 1.82) is 0 Å². The number of hydrogen-bond donors (Lipinski definition) is 2. The van der Waals surface area contributed by atoms with Crippen molar-refractivity contribution in [3.05, 3.63) is 51.3 Å². The van der Waals surface area contributed by atoms with Crippen molar-refractivity contribution in [2.45, 2.75) is 12.6 Å². The molecular weight excluding hydrogens is 266 g/mol. The Bertz CT molecular complexity index is 594. The first-order valence-electron chi connectivity index (χ1n) is 5.65. The van der Waals surface area contributed by atoms with E-state index in [0.29, 0.717) is 0 Å². The SMILES string of the molecule is O=C(Cn1cccnc1=O)NCC(O)c1ccsc1. The number of thiophene rings is 1. The number of carbonyl (C=O) groups is 1. The Morgan fingerprint density at radius 1 is 1.58 bits per heavy atom. The van der Waals surface area contributed by atoms with E-state index in [1.54, 1.807) is 12.1 Å². The number of aromatic nitrogens is 2. The number of aliphatic hydroxyl groups excluding tert-OH is 1. The molecule has 0 saturated carbocycles. The van der Waals surface area contributed by atoms with Crippen LogP contribution >= 0.6 is 11.3 Å². The number of hydrogen-bond acceptors (Lipinski definition) is 5. The van der Waals surface area contributed by atoms with Crippen LogP contribution in [-0.4, -0.2) is 27.1 Å². The Balaban J connectivity index is 1.85. The third-order valence-corrected chi connectivity index (χ3v) is 3.22. The van der Waals surface area contributed by atoms with Gasteiger partial charge in [0.05, 0.1) is 6.10 Å². The van der Waals surface area contributed by atoms with Crippen LogP contribution in [0, 0.1) is 0 Å². The molecule has 0 aliphatic heterocycles. The summed E-state index contributed by atoms with van der Waals surface area (Å²) < 4.78 is 1.20. The van der Waals surface area contributed by atoms with Crippen LogP contribution in [0.3, 0.4) is 0 Å².